The summed E-state index contributed by atoms with van der Waals surface area (Å²) < 4.78 is 23.9. The van der Waals surface area contributed by atoms with Crippen LogP contribution in [0.3, 0.4) is 0 Å². The molecular formula is C21H24FN5O3. The molecule has 4 rings (SSSR count). The molecule has 1 aromatic heterocycles. The first kappa shape index (κ1) is 20.2. The van der Waals surface area contributed by atoms with Crippen molar-refractivity contribution in [2.24, 2.45) is 5.10 Å². The number of halogens is 1. The Labute approximate surface area is 174 Å². The quantitative estimate of drug-likeness (QED) is 0.810. The Kier molecular flexibility index (Phi) is 6.20. The fraction of sp³-hybridized carbons (Fsp3) is 0.381. The average Bonchev–Trinajstić information content (AvgIpc) is 3.24. The van der Waals surface area contributed by atoms with E-state index >= 15 is 0 Å². The molecule has 2 aromatic rings. The highest BCUT2D eigenvalue weighted by molar-refractivity contribution is 6.06. The summed E-state index contributed by atoms with van der Waals surface area (Å²) in [5, 5.41) is 8.90. The minimum atomic E-state index is -0.303. The zero-order valence-electron chi connectivity index (χ0n) is 16.8. The van der Waals surface area contributed by atoms with Crippen molar-refractivity contribution in [1.29, 1.82) is 0 Å². The standard InChI is InChI=1S/C21H24FN5O3/c1-29-19-7-2-15(12-23-19)13-24-21(28)27-14-18(26-8-10-30-11-9-26)20(25-27)16-3-5-17(22)6-4-16/h2-7,12,18H,8-11,13-14H2,1H3,(H,24,28). The number of benzene rings is 1. The van der Waals surface area contributed by atoms with E-state index in [1.54, 1.807) is 31.5 Å². The number of nitrogens with one attached hydrogen (secondary N) is 1. The molecule has 0 spiro atoms. The maximum absolute atomic E-state index is 13.4. The maximum atomic E-state index is 13.4. The molecule has 1 N–H and O–H groups in total. The number of hydrazone groups is 1. The van der Waals surface area contributed by atoms with Crippen LogP contribution in [0.25, 0.3) is 0 Å². The number of ether oxygens (including phenoxy) is 2. The number of carbonyl (C=O) groups excluding carboxylic acids is 1. The summed E-state index contributed by atoms with van der Waals surface area (Å²) in [4.78, 5) is 19.2. The molecule has 2 amide bonds. The lowest BCUT2D eigenvalue weighted by atomic mass is 10.0. The fourth-order valence-electron chi connectivity index (χ4n) is 3.57. The smallest absolute Gasteiger partial charge is 0.338 e. The lowest BCUT2D eigenvalue weighted by molar-refractivity contribution is 0.0278. The molecule has 9 heteroatoms. The Bertz CT molecular complexity index is 898. The minimum Gasteiger partial charge on any atom is -0.481 e. The van der Waals surface area contributed by atoms with Crippen LogP contribution >= 0.6 is 0 Å². The highest BCUT2D eigenvalue weighted by atomic mass is 19.1. The van der Waals surface area contributed by atoms with E-state index in [2.05, 4.69) is 20.3 Å². The number of nitrogens with zero attached hydrogens (tertiary/aromatic N) is 4. The van der Waals surface area contributed by atoms with E-state index in [1.165, 1.54) is 17.1 Å². The third-order valence-corrected chi connectivity index (χ3v) is 5.20. The molecule has 30 heavy (non-hydrogen) atoms. The van der Waals surface area contributed by atoms with Gasteiger partial charge in [-0.15, -0.1) is 0 Å². The van der Waals surface area contributed by atoms with Crippen molar-refractivity contribution < 1.29 is 18.7 Å². The molecule has 1 saturated heterocycles. The number of morpholine rings is 1. The lowest BCUT2D eigenvalue weighted by Gasteiger charge is -2.32. The molecule has 1 atom stereocenters. The molecule has 1 unspecified atom stereocenters. The SMILES string of the molecule is COc1ccc(CNC(=O)N2CC(N3CCOCC3)C(c3ccc(F)cc3)=N2)cn1. The van der Waals surface area contributed by atoms with E-state index < -0.39 is 0 Å². The molecule has 8 nitrogen and oxygen atoms in total. The van der Waals surface area contributed by atoms with Gasteiger partial charge < -0.3 is 14.8 Å². The van der Waals surface area contributed by atoms with E-state index in [0.29, 0.717) is 32.2 Å². The summed E-state index contributed by atoms with van der Waals surface area (Å²) >= 11 is 0. The van der Waals surface area contributed by atoms with Crippen LogP contribution in [0.5, 0.6) is 5.88 Å². The number of urea groups is 1. The van der Waals surface area contributed by atoms with Gasteiger partial charge in [0, 0.05) is 31.9 Å². The second kappa shape index (κ2) is 9.19. The molecule has 158 valence electrons. The highest BCUT2D eigenvalue weighted by Gasteiger charge is 2.35. The molecule has 1 aromatic carbocycles. The molecule has 2 aliphatic rings. The second-order valence-electron chi connectivity index (χ2n) is 7.11. The summed E-state index contributed by atoms with van der Waals surface area (Å²) in [6.45, 7) is 3.57. The van der Waals surface area contributed by atoms with Gasteiger partial charge in [0.05, 0.1) is 38.6 Å². The highest BCUT2D eigenvalue weighted by Crippen LogP contribution is 2.21. The van der Waals surface area contributed by atoms with Gasteiger partial charge in [-0.2, -0.15) is 5.10 Å². The first-order valence-corrected chi connectivity index (χ1v) is 9.84. The molecule has 3 heterocycles. The van der Waals surface area contributed by atoms with Crippen LogP contribution < -0.4 is 10.1 Å². The van der Waals surface area contributed by atoms with E-state index in [-0.39, 0.29) is 17.9 Å². The molecule has 0 bridgehead atoms. The van der Waals surface area contributed by atoms with Gasteiger partial charge in [0.25, 0.3) is 0 Å². The predicted molar refractivity (Wildman–Crippen MR) is 109 cm³/mol. The van der Waals surface area contributed by atoms with Crippen molar-refractivity contribution in [3.63, 3.8) is 0 Å². The van der Waals surface area contributed by atoms with Gasteiger partial charge in [0.2, 0.25) is 5.88 Å². The number of hydrogen-bond donors (Lipinski definition) is 1. The number of rotatable bonds is 5. The van der Waals surface area contributed by atoms with Crippen LogP contribution in [0.4, 0.5) is 9.18 Å². The van der Waals surface area contributed by atoms with Crippen molar-refractivity contribution >= 4 is 11.7 Å². The van der Waals surface area contributed by atoms with Gasteiger partial charge in [0.1, 0.15) is 5.82 Å². The van der Waals surface area contributed by atoms with E-state index in [4.69, 9.17) is 9.47 Å². The fourth-order valence-corrected chi connectivity index (χ4v) is 3.57. The number of pyridine rings is 1. The molecule has 0 aliphatic carbocycles. The van der Waals surface area contributed by atoms with Crippen LogP contribution in [-0.4, -0.2) is 72.6 Å². The van der Waals surface area contributed by atoms with E-state index in [9.17, 15) is 9.18 Å². The van der Waals surface area contributed by atoms with Crippen molar-refractivity contribution in [3.8, 4) is 5.88 Å². The number of hydrogen-bond acceptors (Lipinski definition) is 6. The van der Waals surface area contributed by atoms with Crippen molar-refractivity contribution in [2.75, 3.05) is 40.0 Å². The normalized spacial score (nSPS) is 19.5. The molecule has 1 fully saturated rings. The maximum Gasteiger partial charge on any atom is 0.338 e. The van der Waals surface area contributed by atoms with E-state index in [0.717, 1.165) is 29.9 Å². The van der Waals surface area contributed by atoms with Gasteiger partial charge >= 0.3 is 6.03 Å². The third-order valence-electron chi connectivity index (χ3n) is 5.20. The summed E-state index contributed by atoms with van der Waals surface area (Å²) in [6.07, 6.45) is 1.66. The number of aromatic nitrogens is 1. The zero-order valence-corrected chi connectivity index (χ0v) is 16.8. The Balaban J connectivity index is 1.47. The first-order valence-electron chi connectivity index (χ1n) is 9.84. The van der Waals surface area contributed by atoms with Crippen LogP contribution in [0.2, 0.25) is 0 Å². The topological polar surface area (TPSA) is 79.3 Å². The number of methoxy groups -OCH3 is 1. The average molecular weight is 413 g/mol. The predicted octanol–water partition coefficient (Wildman–Crippen LogP) is 1.86. The minimum absolute atomic E-state index is 0.0623. The van der Waals surface area contributed by atoms with Crippen molar-refractivity contribution in [2.45, 2.75) is 12.6 Å². The third kappa shape index (κ3) is 4.58. The molecule has 0 radical (unpaired) electrons. The molecule has 0 saturated carbocycles. The summed E-state index contributed by atoms with van der Waals surface area (Å²) in [7, 11) is 1.55. The van der Waals surface area contributed by atoms with Crippen molar-refractivity contribution in [3.05, 3.63) is 59.5 Å². The van der Waals surface area contributed by atoms with Crippen LogP contribution in [0.15, 0.2) is 47.7 Å². The van der Waals surface area contributed by atoms with Crippen LogP contribution in [-0.2, 0) is 11.3 Å². The Morgan fingerprint density at radius 3 is 2.67 bits per heavy atom. The number of amides is 2. The van der Waals surface area contributed by atoms with Crippen LogP contribution in [0.1, 0.15) is 11.1 Å². The van der Waals surface area contributed by atoms with E-state index in [1.807, 2.05) is 6.07 Å². The molecule has 2 aliphatic heterocycles. The lowest BCUT2D eigenvalue weighted by Crippen LogP contribution is -2.49. The Morgan fingerprint density at radius 1 is 1.23 bits per heavy atom. The summed E-state index contributed by atoms with van der Waals surface area (Å²) in [5.41, 5.74) is 2.43. The molecular weight excluding hydrogens is 389 g/mol. The van der Waals surface area contributed by atoms with Gasteiger partial charge in [-0.1, -0.05) is 18.2 Å². The number of carbonyl (C=O) groups is 1. The van der Waals surface area contributed by atoms with Crippen LogP contribution in [0, 0.1) is 5.82 Å². The second-order valence-corrected chi connectivity index (χ2v) is 7.11. The van der Waals surface area contributed by atoms with Gasteiger partial charge in [0.15, 0.2) is 0 Å². The largest absolute Gasteiger partial charge is 0.481 e. The Hall–Kier alpha value is -3.04. The Morgan fingerprint density at radius 2 is 2.00 bits per heavy atom. The zero-order chi connectivity index (χ0) is 20.9. The van der Waals surface area contributed by atoms with Gasteiger partial charge in [-0.25, -0.2) is 19.2 Å². The summed E-state index contributed by atoms with van der Waals surface area (Å²) in [6, 6.07) is 9.46. The summed E-state index contributed by atoms with van der Waals surface area (Å²) in [5.74, 6) is 0.217. The van der Waals surface area contributed by atoms with Gasteiger partial charge in [-0.3, -0.25) is 4.90 Å². The monoisotopic (exact) mass is 413 g/mol. The first-order chi connectivity index (χ1) is 14.6. The van der Waals surface area contributed by atoms with Crippen molar-refractivity contribution in [1.82, 2.24) is 20.2 Å². The van der Waals surface area contributed by atoms with Gasteiger partial charge in [-0.05, 0) is 23.3 Å².